The van der Waals surface area contributed by atoms with Crippen molar-refractivity contribution in [1.82, 2.24) is 0 Å². The van der Waals surface area contributed by atoms with E-state index in [1.807, 2.05) is 6.92 Å². The Hall–Kier alpha value is -3.18. The van der Waals surface area contributed by atoms with Gasteiger partial charge in [0.25, 0.3) is 10.1 Å². The summed E-state index contributed by atoms with van der Waals surface area (Å²) >= 11 is 6.05. The molecule has 4 rings (SSSR count). The van der Waals surface area contributed by atoms with Crippen molar-refractivity contribution in [3.05, 3.63) is 82.6 Å². The Balaban J connectivity index is 1.79. The summed E-state index contributed by atoms with van der Waals surface area (Å²) in [6.07, 6.45) is 3.25. The highest BCUT2D eigenvalue weighted by atomic mass is 35.5. The van der Waals surface area contributed by atoms with Crippen LogP contribution < -0.4 is 4.72 Å². The van der Waals surface area contributed by atoms with Crippen LogP contribution >= 0.6 is 11.6 Å². The van der Waals surface area contributed by atoms with E-state index < -0.39 is 20.1 Å². The van der Waals surface area contributed by atoms with E-state index in [9.17, 15) is 26.2 Å². The normalized spacial score (nSPS) is 12.1. The maximum Gasteiger partial charge on any atom is 0.295 e. The Morgan fingerprint density at radius 1 is 1.00 bits per heavy atom. The van der Waals surface area contributed by atoms with E-state index in [-0.39, 0.29) is 21.3 Å². The van der Waals surface area contributed by atoms with Crippen LogP contribution in [0.4, 0.5) is 5.69 Å². The number of unbranched alkanes of at least 4 members (excludes halogenated alkanes) is 1. The zero-order valence-electron chi connectivity index (χ0n) is 20.0. The van der Waals surface area contributed by atoms with Crippen LogP contribution in [-0.4, -0.2) is 33.4 Å². The van der Waals surface area contributed by atoms with Crippen LogP contribution in [-0.2, 0) is 26.6 Å². The molecular weight excluding hydrogens is 538 g/mol. The van der Waals surface area contributed by atoms with Crippen LogP contribution in [0, 0.1) is 0 Å². The minimum atomic E-state index is -4.50. The third-order valence-electron chi connectivity index (χ3n) is 5.73. The largest absolute Gasteiger partial charge is 0.460 e. The summed E-state index contributed by atoms with van der Waals surface area (Å²) in [4.78, 5) is 13.4. The number of carbonyl (C=O) groups excluding carboxylic acids is 1. The summed E-state index contributed by atoms with van der Waals surface area (Å²) in [5.41, 5.74) is 2.07. The van der Waals surface area contributed by atoms with Gasteiger partial charge in [-0.1, -0.05) is 49.2 Å². The first-order chi connectivity index (χ1) is 17.4. The molecule has 11 heteroatoms. The van der Waals surface area contributed by atoms with Crippen molar-refractivity contribution in [1.29, 1.82) is 0 Å². The molecule has 1 heterocycles. The zero-order valence-corrected chi connectivity index (χ0v) is 22.4. The number of furan rings is 1. The average molecular weight is 562 g/mol. The molecule has 0 radical (unpaired) electrons. The number of ketones is 1. The molecule has 3 aromatic carbocycles. The summed E-state index contributed by atoms with van der Waals surface area (Å²) in [5, 5.41) is 0.767. The molecule has 0 unspecified atom stereocenters. The average Bonchev–Trinajstić information content (AvgIpc) is 3.18. The van der Waals surface area contributed by atoms with E-state index in [4.69, 9.17) is 16.0 Å². The van der Waals surface area contributed by atoms with Gasteiger partial charge in [0.05, 0.1) is 11.8 Å². The molecule has 0 bridgehead atoms. The van der Waals surface area contributed by atoms with Crippen LogP contribution in [0.2, 0.25) is 5.02 Å². The number of benzene rings is 3. The van der Waals surface area contributed by atoms with E-state index in [1.54, 1.807) is 42.5 Å². The smallest absolute Gasteiger partial charge is 0.295 e. The lowest BCUT2D eigenvalue weighted by molar-refractivity contribution is 0.103. The SMILES string of the molecule is CCCCc1oc2ccc(NS(C)(=O)=O)cc2c1C(=O)c1ccc(-c2cc(Cl)ccc2S(=O)(=O)O)cc1. The minimum Gasteiger partial charge on any atom is -0.460 e. The molecule has 0 aliphatic rings. The molecule has 1 aromatic heterocycles. The number of hydrogen-bond donors (Lipinski definition) is 2. The molecule has 37 heavy (non-hydrogen) atoms. The number of sulfonamides is 1. The lowest BCUT2D eigenvalue weighted by Gasteiger charge is -2.09. The molecule has 0 amide bonds. The molecular formula is C26H24ClNO7S2. The van der Waals surface area contributed by atoms with Crippen LogP contribution in [0.3, 0.4) is 0 Å². The Bertz CT molecular complexity index is 1710. The summed E-state index contributed by atoms with van der Waals surface area (Å²) in [6.45, 7) is 2.02. The molecule has 0 spiro atoms. The first kappa shape index (κ1) is 26.9. The fourth-order valence-electron chi connectivity index (χ4n) is 4.09. The van der Waals surface area contributed by atoms with Gasteiger partial charge in [-0.05, 0) is 48.4 Å². The number of hydrogen-bond acceptors (Lipinski definition) is 6. The van der Waals surface area contributed by atoms with Gasteiger partial charge in [0.2, 0.25) is 10.0 Å². The maximum atomic E-state index is 13.7. The van der Waals surface area contributed by atoms with Gasteiger partial charge in [-0.25, -0.2) is 8.42 Å². The van der Waals surface area contributed by atoms with Gasteiger partial charge in [0.15, 0.2) is 5.78 Å². The van der Waals surface area contributed by atoms with Crippen LogP contribution in [0.25, 0.3) is 22.1 Å². The Morgan fingerprint density at radius 3 is 2.32 bits per heavy atom. The number of rotatable bonds is 9. The zero-order chi connectivity index (χ0) is 27.0. The molecule has 194 valence electrons. The number of carbonyl (C=O) groups is 1. The van der Waals surface area contributed by atoms with E-state index in [2.05, 4.69) is 4.72 Å². The van der Waals surface area contributed by atoms with Crippen molar-refractivity contribution in [2.24, 2.45) is 0 Å². The second-order valence-corrected chi connectivity index (χ2v) is 12.2. The van der Waals surface area contributed by atoms with E-state index >= 15 is 0 Å². The van der Waals surface area contributed by atoms with Crippen LogP contribution in [0.5, 0.6) is 0 Å². The Kier molecular flexibility index (Phi) is 7.48. The number of fused-ring (bicyclic) bond motifs is 1. The lowest BCUT2D eigenvalue weighted by Crippen LogP contribution is -2.09. The van der Waals surface area contributed by atoms with Gasteiger partial charge in [-0.15, -0.1) is 0 Å². The molecule has 0 aliphatic carbocycles. The highest BCUT2D eigenvalue weighted by Crippen LogP contribution is 2.34. The third kappa shape index (κ3) is 6.04. The van der Waals surface area contributed by atoms with Crippen molar-refractivity contribution in [3.8, 4) is 11.1 Å². The molecule has 0 saturated heterocycles. The van der Waals surface area contributed by atoms with Gasteiger partial charge < -0.3 is 4.42 Å². The van der Waals surface area contributed by atoms with E-state index in [0.717, 1.165) is 19.1 Å². The van der Waals surface area contributed by atoms with Crippen molar-refractivity contribution in [2.75, 3.05) is 11.0 Å². The molecule has 2 N–H and O–H groups in total. The number of aryl methyl sites for hydroxylation is 1. The predicted octanol–water partition coefficient (Wildman–Crippen LogP) is 5.95. The lowest BCUT2D eigenvalue weighted by atomic mass is 9.96. The van der Waals surface area contributed by atoms with Gasteiger partial charge in [0.1, 0.15) is 16.2 Å². The fourth-order valence-corrected chi connectivity index (χ4v) is 5.51. The third-order valence-corrected chi connectivity index (χ3v) is 7.48. The summed E-state index contributed by atoms with van der Waals surface area (Å²) in [7, 11) is -8.03. The first-order valence-corrected chi connectivity index (χ1v) is 15.0. The van der Waals surface area contributed by atoms with Crippen molar-refractivity contribution < 1.29 is 30.6 Å². The highest BCUT2D eigenvalue weighted by molar-refractivity contribution is 7.92. The quantitative estimate of drug-likeness (QED) is 0.191. The van der Waals surface area contributed by atoms with Crippen molar-refractivity contribution in [3.63, 3.8) is 0 Å². The molecule has 0 atom stereocenters. The molecule has 0 aliphatic heterocycles. The van der Waals surface area contributed by atoms with Crippen molar-refractivity contribution in [2.45, 2.75) is 31.1 Å². The predicted molar refractivity (Wildman–Crippen MR) is 143 cm³/mol. The second kappa shape index (κ2) is 10.3. The van der Waals surface area contributed by atoms with Crippen LogP contribution in [0.1, 0.15) is 41.4 Å². The maximum absolute atomic E-state index is 13.7. The molecule has 4 aromatic rings. The standard InChI is InChI=1S/C26H24ClNO7S2/c1-3-4-5-23-25(21-15-19(28-36(2,30)31)11-12-22(21)35-23)26(29)17-8-6-16(7-9-17)20-14-18(27)10-13-24(20)37(32,33)34/h6-15,28H,3-5H2,1-2H3,(H,32,33,34). The molecule has 0 saturated carbocycles. The monoisotopic (exact) mass is 561 g/mol. The summed E-state index contributed by atoms with van der Waals surface area (Å²) < 4.78 is 65.1. The Labute approximate surface area is 220 Å². The number of halogens is 1. The van der Waals surface area contributed by atoms with Crippen LogP contribution in [0.15, 0.2) is 70.0 Å². The van der Waals surface area contributed by atoms with Gasteiger partial charge in [-0.3, -0.25) is 14.1 Å². The fraction of sp³-hybridized carbons (Fsp3) is 0.192. The molecule has 8 nitrogen and oxygen atoms in total. The van der Waals surface area contributed by atoms with Gasteiger partial charge in [0, 0.05) is 33.6 Å². The number of anilines is 1. The summed E-state index contributed by atoms with van der Waals surface area (Å²) in [5.74, 6) is 0.180. The Morgan fingerprint density at radius 2 is 1.70 bits per heavy atom. The minimum absolute atomic E-state index is 0.197. The van der Waals surface area contributed by atoms with E-state index in [0.29, 0.717) is 45.5 Å². The van der Waals surface area contributed by atoms with Crippen molar-refractivity contribution >= 4 is 54.2 Å². The van der Waals surface area contributed by atoms with Gasteiger partial charge in [-0.2, -0.15) is 8.42 Å². The highest BCUT2D eigenvalue weighted by Gasteiger charge is 2.23. The van der Waals surface area contributed by atoms with E-state index in [1.165, 1.54) is 18.2 Å². The first-order valence-electron chi connectivity index (χ1n) is 11.3. The molecule has 0 fully saturated rings. The summed E-state index contributed by atoms with van der Waals surface area (Å²) in [6, 6.07) is 15.0. The number of nitrogens with one attached hydrogen (secondary N) is 1. The topological polar surface area (TPSA) is 131 Å². The second-order valence-electron chi connectivity index (χ2n) is 8.61. The van der Waals surface area contributed by atoms with Gasteiger partial charge >= 0.3 is 0 Å².